The van der Waals surface area contributed by atoms with Crippen molar-refractivity contribution in [2.45, 2.75) is 149 Å². The van der Waals surface area contributed by atoms with Crippen molar-refractivity contribution in [1.29, 1.82) is 0 Å². The van der Waals surface area contributed by atoms with Gasteiger partial charge in [-0.1, -0.05) is 60.1 Å². The Hall–Kier alpha value is -0.830. The van der Waals surface area contributed by atoms with E-state index in [-0.39, 0.29) is 44.9 Å². The van der Waals surface area contributed by atoms with Gasteiger partial charge >= 0.3 is 0 Å². The molecular formula is C36H58O7. The minimum atomic E-state index is -1.55. The molecule has 1 heterocycles. The average Bonchev–Trinajstić information content (AvgIpc) is 2.94. The number of hydrogen-bond acceptors (Lipinski definition) is 7. The van der Waals surface area contributed by atoms with Crippen molar-refractivity contribution in [3.05, 3.63) is 11.6 Å². The van der Waals surface area contributed by atoms with Crippen molar-refractivity contribution in [1.82, 2.24) is 0 Å². The smallest absolute Gasteiger partial charge is 0.171 e. The van der Waals surface area contributed by atoms with E-state index < -0.39 is 42.5 Å². The molecule has 7 heteroatoms. The number of rotatable bonds is 3. The molecule has 13 atom stereocenters. The molecule has 0 aromatic heterocycles. The van der Waals surface area contributed by atoms with Crippen molar-refractivity contribution >= 4 is 5.78 Å². The van der Waals surface area contributed by atoms with Crippen LogP contribution in [-0.2, 0) is 9.53 Å². The van der Waals surface area contributed by atoms with Crippen LogP contribution in [0.2, 0.25) is 0 Å². The Kier molecular flexibility index (Phi) is 7.53. The van der Waals surface area contributed by atoms with Gasteiger partial charge in [0.25, 0.3) is 0 Å². The topological polar surface area (TPSA) is 127 Å². The van der Waals surface area contributed by atoms with Crippen molar-refractivity contribution in [3.63, 3.8) is 0 Å². The Morgan fingerprint density at radius 3 is 2.19 bits per heavy atom. The zero-order valence-corrected chi connectivity index (χ0v) is 27.6. The number of carbonyl (C=O) groups is 1. The fourth-order valence-corrected chi connectivity index (χ4v) is 12.3. The lowest BCUT2D eigenvalue weighted by molar-refractivity contribution is -0.234. The first-order valence-corrected chi connectivity index (χ1v) is 17.1. The molecule has 1 aliphatic heterocycles. The van der Waals surface area contributed by atoms with Gasteiger partial charge in [0.05, 0.1) is 12.7 Å². The van der Waals surface area contributed by atoms with Crippen LogP contribution in [0.4, 0.5) is 0 Å². The van der Waals surface area contributed by atoms with Crippen molar-refractivity contribution in [3.8, 4) is 0 Å². The zero-order valence-electron chi connectivity index (χ0n) is 27.6. The van der Waals surface area contributed by atoms with Gasteiger partial charge in [-0.3, -0.25) is 4.79 Å². The van der Waals surface area contributed by atoms with Gasteiger partial charge in [-0.05, 0) is 109 Å². The lowest BCUT2D eigenvalue weighted by atomic mass is 9.33. The van der Waals surface area contributed by atoms with E-state index in [1.54, 1.807) is 0 Å². The largest absolute Gasteiger partial charge is 0.394 e. The molecular weight excluding hydrogens is 544 g/mol. The molecule has 0 aromatic rings. The monoisotopic (exact) mass is 602 g/mol. The minimum Gasteiger partial charge on any atom is -0.394 e. The molecule has 5 N–H and O–H groups in total. The maximum Gasteiger partial charge on any atom is 0.171 e. The van der Waals surface area contributed by atoms with Gasteiger partial charge < -0.3 is 30.3 Å². The highest BCUT2D eigenvalue weighted by molar-refractivity contribution is 5.91. The molecule has 5 fully saturated rings. The molecule has 6 aliphatic rings. The van der Waals surface area contributed by atoms with E-state index in [0.29, 0.717) is 24.7 Å². The van der Waals surface area contributed by atoms with Gasteiger partial charge in [-0.15, -0.1) is 0 Å². The second kappa shape index (κ2) is 10.1. The average molecular weight is 603 g/mol. The number of fused-ring (bicyclic) bond motifs is 7. The summed E-state index contributed by atoms with van der Waals surface area (Å²) in [7, 11) is 0. The molecule has 4 saturated carbocycles. The Morgan fingerprint density at radius 1 is 0.837 bits per heavy atom. The van der Waals surface area contributed by atoms with Gasteiger partial charge in [0.15, 0.2) is 5.78 Å². The number of hydrogen-bond donors (Lipinski definition) is 5. The van der Waals surface area contributed by atoms with E-state index in [1.807, 2.05) is 0 Å². The normalized spacial score (nSPS) is 53.9. The number of carbonyl (C=O) groups excluding carboxylic acids is 1. The number of Topliss-reactive ketones (excluding diaryl/α,β-unsaturated/α-hetero) is 1. The summed E-state index contributed by atoms with van der Waals surface area (Å²) in [5.41, 5.74) is 0.811. The maximum absolute atomic E-state index is 14.7. The predicted octanol–water partition coefficient (Wildman–Crippen LogP) is 4.56. The lowest BCUT2D eigenvalue weighted by Gasteiger charge is -2.71. The fourth-order valence-electron chi connectivity index (χ4n) is 12.3. The maximum atomic E-state index is 14.7. The van der Waals surface area contributed by atoms with Gasteiger partial charge in [-0.2, -0.15) is 0 Å². The highest BCUT2D eigenvalue weighted by Gasteiger charge is 2.69. The lowest BCUT2D eigenvalue weighted by Crippen LogP contribution is -2.67. The summed E-state index contributed by atoms with van der Waals surface area (Å²) in [6, 6.07) is 0. The van der Waals surface area contributed by atoms with Crippen LogP contribution in [0.3, 0.4) is 0 Å². The van der Waals surface area contributed by atoms with Gasteiger partial charge in [0, 0.05) is 5.41 Å². The third-order valence-corrected chi connectivity index (χ3v) is 15.3. The van der Waals surface area contributed by atoms with Gasteiger partial charge in [-0.25, -0.2) is 0 Å². The van der Waals surface area contributed by atoms with Crippen LogP contribution in [0.1, 0.15) is 113 Å². The van der Waals surface area contributed by atoms with Crippen molar-refractivity contribution in [2.75, 3.05) is 6.61 Å². The highest BCUT2D eigenvalue weighted by Crippen LogP contribution is 2.76. The summed E-state index contributed by atoms with van der Waals surface area (Å²) in [6.07, 6.45) is 4.55. The molecule has 5 unspecified atom stereocenters. The summed E-state index contributed by atoms with van der Waals surface area (Å²) in [6.45, 7) is 16.1. The summed E-state index contributed by atoms with van der Waals surface area (Å²) < 4.78 is 5.91. The van der Waals surface area contributed by atoms with Gasteiger partial charge in [0.1, 0.15) is 30.5 Å². The number of ketones is 1. The Morgan fingerprint density at radius 2 is 1.51 bits per heavy atom. The molecule has 244 valence electrons. The minimum absolute atomic E-state index is 0.0165. The number of aliphatic hydroxyl groups is 5. The Bertz CT molecular complexity index is 1160. The van der Waals surface area contributed by atoms with Crippen LogP contribution >= 0.6 is 0 Å². The second-order valence-electron chi connectivity index (χ2n) is 17.9. The van der Waals surface area contributed by atoms with Crippen LogP contribution in [0.5, 0.6) is 0 Å². The molecule has 0 aromatic carbocycles. The SMILES string of the molecule is CC1(C)CC[C@]2(C(=O)[C@@H]3OC(CO)[C@@H](O)[C@H](O)C3O)CC[C@]3(C)C(=CCC4[C@@]5(C)CC[C@H](O)C(C)(C)C5CC[C@]43C)C2C1. The fraction of sp³-hybridized carbons (Fsp3) is 0.917. The first-order valence-electron chi connectivity index (χ1n) is 17.1. The van der Waals surface area contributed by atoms with Crippen LogP contribution in [0.15, 0.2) is 11.6 Å². The van der Waals surface area contributed by atoms with E-state index in [9.17, 15) is 30.3 Å². The summed E-state index contributed by atoms with van der Waals surface area (Å²) in [4.78, 5) is 14.7. The molecule has 0 radical (unpaired) electrons. The first kappa shape index (κ1) is 32.1. The quantitative estimate of drug-likeness (QED) is 0.300. The molecule has 0 bridgehead atoms. The van der Waals surface area contributed by atoms with Crippen LogP contribution in [-0.4, -0.2) is 74.5 Å². The van der Waals surface area contributed by atoms with E-state index in [2.05, 4.69) is 54.5 Å². The third kappa shape index (κ3) is 4.23. The molecule has 0 amide bonds. The van der Waals surface area contributed by atoms with Crippen molar-refractivity contribution in [2.24, 2.45) is 50.2 Å². The van der Waals surface area contributed by atoms with Gasteiger partial charge in [0.2, 0.25) is 0 Å². The summed E-state index contributed by atoms with van der Waals surface area (Å²) in [5.74, 6) is 0.829. The molecule has 0 spiro atoms. The van der Waals surface area contributed by atoms with Crippen molar-refractivity contribution < 1.29 is 35.1 Å². The zero-order chi connectivity index (χ0) is 31.5. The molecule has 43 heavy (non-hydrogen) atoms. The standard InChI is InChI=1S/C36H58O7/c1-31(2)14-16-36(30(42)29-28(41)27(40)26(39)22(19-37)43-29)17-15-34(6)20(21(36)18-31)8-9-24-33(5)12-11-25(38)32(3,4)23(33)10-13-35(24,34)7/h8,21-29,37-41H,9-19H2,1-7H3/t21?,22?,23?,24?,25-,26+,27-,28?,29+,33-,34+,35+,36-/m0/s1. The molecule has 6 rings (SSSR count). The summed E-state index contributed by atoms with van der Waals surface area (Å²) >= 11 is 0. The van der Waals surface area contributed by atoms with E-state index in [1.165, 1.54) is 5.57 Å². The van der Waals surface area contributed by atoms with Crippen LogP contribution < -0.4 is 0 Å². The molecule has 1 saturated heterocycles. The predicted molar refractivity (Wildman–Crippen MR) is 164 cm³/mol. The van der Waals surface area contributed by atoms with E-state index in [4.69, 9.17) is 4.74 Å². The van der Waals surface area contributed by atoms with E-state index in [0.717, 1.165) is 51.4 Å². The first-order chi connectivity index (χ1) is 19.9. The third-order valence-electron chi connectivity index (χ3n) is 15.3. The van der Waals surface area contributed by atoms with Crippen LogP contribution in [0, 0.1) is 50.2 Å². The Balaban J connectivity index is 1.40. The highest BCUT2D eigenvalue weighted by atomic mass is 16.5. The second-order valence-corrected chi connectivity index (χ2v) is 17.9. The number of allylic oxidation sites excluding steroid dienone is 2. The molecule has 7 nitrogen and oxygen atoms in total. The van der Waals surface area contributed by atoms with E-state index >= 15 is 0 Å². The Labute approximate surface area is 258 Å². The number of aliphatic hydroxyl groups excluding tert-OH is 5. The molecule has 5 aliphatic carbocycles. The van der Waals surface area contributed by atoms with Crippen LogP contribution in [0.25, 0.3) is 0 Å². The summed E-state index contributed by atoms with van der Waals surface area (Å²) in [5, 5.41) is 52.9. The number of ether oxygens (including phenoxy) is 1.